The van der Waals surface area contributed by atoms with E-state index < -0.39 is 28.7 Å². The smallest absolute Gasteiger partial charge is 0.347 e. The van der Waals surface area contributed by atoms with E-state index in [1.807, 2.05) is 70.5 Å². The zero-order chi connectivity index (χ0) is 38.6. The van der Waals surface area contributed by atoms with Crippen LogP contribution in [0.15, 0.2) is 102 Å². The predicted octanol–water partition coefficient (Wildman–Crippen LogP) is 5.42. The van der Waals surface area contributed by atoms with Crippen LogP contribution in [-0.4, -0.2) is 86.7 Å². The van der Waals surface area contributed by atoms with Gasteiger partial charge in [0.1, 0.15) is 11.3 Å². The number of piperidine rings is 1. The molecule has 1 saturated heterocycles. The summed E-state index contributed by atoms with van der Waals surface area (Å²) in [6, 6.07) is 26.5. The van der Waals surface area contributed by atoms with Crippen LogP contribution in [0, 0.1) is 11.3 Å². The van der Waals surface area contributed by atoms with Crippen LogP contribution < -0.4 is 10.9 Å². The lowest BCUT2D eigenvalue weighted by Gasteiger charge is -2.40. The third kappa shape index (κ3) is 8.93. The van der Waals surface area contributed by atoms with E-state index >= 15 is 0 Å². The van der Waals surface area contributed by atoms with Gasteiger partial charge in [0.05, 0.1) is 61.6 Å². The number of amides is 2. The molecule has 3 heterocycles. The second-order valence-corrected chi connectivity index (χ2v) is 14.2. The number of carbonyl (C=O) groups excluding carboxylic acids is 2. The Morgan fingerprint density at radius 3 is 2.08 bits per heavy atom. The van der Waals surface area contributed by atoms with Gasteiger partial charge in [0.2, 0.25) is 0 Å². The van der Waals surface area contributed by atoms with Gasteiger partial charge in [-0.1, -0.05) is 42.5 Å². The zero-order valence-electron chi connectivity index (χ0n) is 30.3. The number of alkyl halides is 3. The summed E-state index contributed by atoms with van der Waals surface area (Å²) in [5.41, 5.74) is -1.46. The fourth-order valence-electron chi connectivity index (χ4n) is 6.18. The molecule has 0 atom stereocenters. The Hall–Kier alpha value is -5.94. The van der Waals surface area contributed by atoms with Crippen molar-refractivity contribution in [2.45, 2.75) is 31.5 Å². The van der Waals surface area contributed by atoms with Crippen molar-refractivity contribution in [1.29, 1.82) is 5.26 Å². The first-order chi connectivity index (χ1) is 25.0. The lowest BCUT2D eigenvalue weighted by molar-refractivity contribution is -0.862. The van der Waals surface area contributed by atoms with E-state index in [-0.39, 0.29) is 22.9 Å². The first kappa shape index (κ1) is 38.3. The van der Waals surface area contributed by atoms with Crippen molar-refractivity contribution in [3.63, 3.8) is 0 Å². The maximum absolute atomic E-state index is 14.1. The maximum Gasteiger partial charge on any atom is 0.416 e. The molecule has 1 fully saturated rings. The van der Waals surface area contributed by atoms with E-state index in [0.717, 1.165) is 16.8 Å². The summed E-state index contributed by atoms with van der Waals surface area (Å²) in [5, 5.41) is 16.6. The SMILES string of the molecule is Cn1c(-c2ccnn2-c2ccc(C#N)cc2)c(C(=O)NC2(C)CCN(C(=O)C[N+](C)(C)C)CC2)c(=O)n1-c1cccc(C(F)(F)F)c1.c1ccccc1. The second-order valence-electron chi connectivity index (χ2n) is 14.2. The van der Waals surface area contributed by atoms with Gasteiger partial charge in [-0.25, -0.2) is 9.36 Å². The number of quaternary nitrogens is 1. The number of aromatic nitrogens is 4. The summed E-state index contributed by atoms with van der Waals surface area (Å²) in [5.74, 6) is -0.691. The summed E-state index contributed by atoms with van der Waals surface area (Å²) in [6.07, 6.45) is -2.30. The number of likely N-dealkylation sites (N-methyl/N-ethyl adjacent to an activating group) is 1. The molecule has 0 bridgehead atoms. The molecule has 11 nitrogen and oxygen atoms in total. The molecule has 276 valence electrons. The van der Waals surface area contributed by atoms with E-state index in [0.29, 0.717) is 53.9 Å². The molecule has 0 radical (unpaired) electrons. The number of hydrogen-bond donors (Lipinski definition) is 1. The number of nitrogens with one attached hydrogen (secondary N) is 1. The molecule has 0 unspecified atom stereocenters. The number of benzene rings is 3. The fraction of sp³-hybridized carbons (Fsp3) is 0.308. The number of halogens is 3. The molecular formula is C39H42F3N8O3+. The normalized spacial score (nSPS) is 14.1. The van der Waals surface area contributed by atoms with Gasteiger partial charge in [-0.3, -0.25) is 19.1 Å². The highest BCUT2D eigenvalue weighted by molar-refractivity contribution is 6.00. The number of nitriles is 1. The van der Waals surface area contributed by atoms with Crippen molar-refractivity contribution < 1.29 is 27.2 Å². The predicted molar refractivity (Wildman–Crippen MR) is 194 cm³/mol. The minimum absolute atomic E-state index is 0.0104. The molecule has 1 N–H and O–H groups in total. The largest absolute Gasteiger partial charge is 0.416 e. The lowest BCUT2D eigenvalue weighted by atomic mass is 9.89. The van der Waals surface area contributed by atoms with Gasteiger partial charge >= 0.3 is 6.18 Å². The van der Waals surface area contributed by atoms with Gasteiger partial charge < -0.3 is 14.7 Å². The summed E-state index contributed by atoms with van der Waals surface area (Å²) in [6.45, 7) is 3.01. The van der Waals surface area contributed by atoms with Crippen LogP contribution in [0.4, 0.5) is 13.2 Å². The number of rotatable bonds is 7. The quantitative estimate of drug-likeness (QED) is 0.225. The first-order valence-corrected chi connectivity index (χ1v) is 17.0. The highest BCUT2D eigenvalue weighted by Gasteiger charge is 2.37. The van der Waals surface area contributed by atoms with Crippen LogP contribution >= 0.6 is 0 Å². The second kappa shape index (κ2) is 15.3. The van der Waals surface area contributed by atoms with Crippen LogP contribution in [0.2, 0.25) is 0 Å². The Morgan fingerprint density at radius 2 is 1.53 bits per heavy atom. The molecule has 0 aliphatic carbocycles. The van der Waals surface area contributed by atoms with Crippen molar-refractivity contribution >= 4 is 11.8 Å². The molecule has 3 aromatic carbocycles. The molecule has 0 spiro atoms. The van der Waals surface area contributed by atoms with Gasteiger partial charge in [0, 0.05) is 25.7 Å². The van der Waals surface area contributed by atoms with Gasteiger partial charge in [-0.05, 0) is 68.3 Å². The van der Waals surface area contributed by atoms with E-state index in [4.69, 9.17) is 0 Å². The number of carbonyl (C=O) groups is 2. The molecule has 5 aromatic rings. The maximum atomic E-state index is 14.1. The summed E-state index contributed by atoms with van der Waals surface area (Å²) < 4.78 is 45.3. The van der Waals surface area contributed by atoms with Gasteiger partial charge in [-0.2, -0.15) is 23.5 Å². The van der Waals surface area contributed by atoms with Crippen LogP contribution in [-0.2, 0) is 18.0 Å². The zero-order valence-corrected chi connectivity index (χ0v) is 30.3. The van der Waals surface area contributed by atoms with Crippen LogP contribution in [0.25, 0.3) is 22.8 Å². The van der Waals surface area contributed by atoms with Crippen LogP contribution in [0.1, 0.15) is 41.3 Å². The van der Waals surface area contributed by atoms with Crippen molar-refractivity contribution in [3.05, 3.63) is 124 Å². The van der Waals surface area contributed by atoms with Crippen molar-refractivity contribution in [1.82, 2.24) is 29.4 Å². The molecule has 53 heavy (non-hydrogen) atoms. The highest BCUT2D eigenvalue weighted by Crippen LogP contribution is 2.32. The topological polar surface area (TPSA) is 118 Å². The minimum atomic E-state index is -4.65. The fourth-order valence-corrected chi connectivity index (χ4v) is 6.18. The Morgan fingerprint density at radius 1 is 0.925 bits per heavy atom. The average molecular weight is 728 g/mol. The molecule has 14 heteroatoms. The molecule has 1 aliphatic rings. The molecule has 2 amide bonds. The summed E-state index contributed by atoms with van der Waals surface area (Å²) in [7, 11) is 7.29. The van der Waals surface area contributed by atoms with E-state index in [9.17, 15) is 32.8 Å². The third-order valence-corrected chi connectivity index (χ3v) is 8.95. The summed E-state index contributed by atoms with van der Waals surface area (Å²) >= 11 is 0. The van der Waals surface area contributed by atoms with E-state index in [1.165, 1.54) is 34.7 Å². The average Bonchev–Trinajstić information content (AvgIpc) is 3.70. The Labute approximate surface area is 305 Å². The van der Waals surface area contributed by atoms with Gasteiger partial charge in [0.15, 0.2) is 6.54 Å². The Balaban J connectivity index is 0.000000820. The Kier molecular flexibility index (Phi) is 11.1. The van der Waals surface area contributed by atoms with Gasteiger partial charge in [-0.15, -0.1) is 0 Å². The Bertz CT molecular complexity index is 2140. The number of likely N-dealkylation sites (tertiary alicyclic amines) is 1. The van der Waals surface area contributed by atoms with Crippen LogP contribution in [0.5, 0.6) is 0 Å². The van der Waals surface area contributed by atoms with E-state index in [2.05, 4.69) is 10.4 Å². The van der Waals surface area contributed by atoms with Gasteiger partial charge in [0.25, 0.3) is 17.4 Å². The van der Waals surface area contributed by atoms with E-state index in [1.54, 1.807) is 35.2 Å². The molecule has 0 saturated carbocycles. The standard InChI is InChI=1S/C33H35F3N8O3.C6H6/c1-32(14-17-41(18-15-32)27(45)21-44(3,4)5)39-30(46)28-29(26-13-16-38-42(26)24-11-9-22(20-37)10-12-24)40(2)43(31(28)47)25-8-6-7-23(19-25)33(34,35)36;1-2-4-6-5-3-1/h6-13,16,19H,14-15,17-18,21H2,1-5H3;1-6H/p+1. The van der Waals surface area contributed by atoms with Crippen molar-refractivity contribution in [2.24, 2.45) is 7.05 Å². The highest BCUT2D eigenvalue weighted by atomic mass is 19.4. The third-order valence-electron chi connectivity index (χ3n) is 8.95. The van der Waals surface area contributed by atoms with Crippen molar-refractivity contribution in [3.8, 4) is 28.8 Å². The molecular weight excluding hydrogens is 685 g/mol. The minimum Gasteiger partial charge on any atom is -0.347 e. The monoisotopic (exact) mass is 727 g/mol. The van der Waals surface area contributed by atoms with Crippen LogP contribution in [0.3, 0.4) is 0 Å². The molecule has 1 aliphatic heterocycles. The molecule has 6 rings (SSSR count). The molecule has 2 aromatic heterocycles. The number of hydrogen-bond acceptors (Lipinski definition) is 5. The van der Waals surface area contributed by atoms with Crippen molar-refractivity contribution in [2.75, 3.05) is 40.8 Å². The number of nitrogens with zero attached hydrogens (tertiary/aromatic N) is 7. The lowest BCUT2D eigenvalue weighted by Crippen LogP contribution is -2.56. The summed E-state index contributed by atoms with van der Waals surface area (Å²) in [4.78, 5) is 42.9. The first-order valence-electron chi connectivity index (χ1n) is 17.0.